The van der Waals surface area contributed by atoms with E-state index in [1.54, 1.807) is 0 Å². The van der Waals surface area contributed by atoms with E-state index < -0.39 is 0 Å². The van der Waals surface area contributed by atoms with Crippen LogP contribution < -0.4 is 9.47 Å². The van der Waals surface area contributed by atoms with Crippen LogP contribution in [0.3, 0.4) is 0 Å². The van der Waals surface area contributed by atoms with Gasteiger partial charge in [-0.2, -0.15) is 0 Å². The molecule has 0 bridgehead atoms. The Hall–Kier alpha value is -1.23. The Morgan fingerprint density at radius 1 is 0.636 bits per heavy atom. The third-order valence-corrected chi connectivity index (χ3v) is 6.76. The molecule has 1 aromatic rings. The topological polar surface area (TPSA) is 44.8 Å². The number of hydrogen-bond acceptors (Lipinski definition) is 5. The van der Waals surface area contributed by atoms with Crippen molar-refractivity contribution in [1.29, 1.82) is 0 Å². The Morgan fingerprint density at radius 2 is 1.12 bits per heavy atom. The maximum Gasteiger partial charge on any atom is 0.352 e. The Morgan fingerprint density at radius 3 is 1.64 bits per heavy atom. The summed E-state index contributed by atoms with van der Waals surface area (Å²) in [5, 5.41) is 1.90. The molecule has 0 saturated heterocycles. The van der Waals surface area contributed by atoms with E-state index in [2.05, 4.69) is 13.8 Å². The molecule has 0 aliphatic heterocycles. The van der Waals surface area contributed by atoms with E-state index >= 15 is 0 Å². The van der Waals surface area contributed by atoms with Crippen molar-refractivity contribution in [2.75, 3.05) is 19.8 Å². The molecule has 1 rings (SSSR count). The molecule has 1 aromatic heterocycles. The highest BCUT2D eigenvalue weighted by molar-refractivity contribution is 7.12. The summed E-state index contributed by atoms with van der Waals surface area (Å²) in [6.07, 6.45) is 21.0. The van der Waals surface area contributed by atoms with Gasteiger partial charge in [-0.3, -0.25) is 0 Å². The summed E-state index contributed by atoms with van der Waals surface area (Å²) in [4.78, 5) is 13.0. The lowest BCUT2D eigenvalue weighted by Gasteiger charge is -2.11. The second-order valence-corrected chi connectivity index (χ2v) is 9.92. The van der Waals surface area contributed by atoms with Crippen molar-refractivity contribution in [3.8, 4) is 11.5 Å². The van der Waals surface area contributed by atoms with Gasteiger partial charge in [-0.05, 0) is 19.3 Å². The van der Waals surface area contributed by atoms with Crippen molar-refractivity contribution < 1.29 is 19.0 Å². The normalized spacial score (nSPS) is 11.0. The third-order valence-electron chi connectivity index (χ3n) is 5.84. The van der Waals surface area contributed by atoms with Crippen LogP contribution in [0.1, 0.15) is 140 Å². The quantitative estimate of drug-likeness (QED) is 0.115. The number of carbonyl (C=O) groups excluding carboxylic acids is 1. The Balaban J connectivity index is 2.40. The molecule has 192 valence electrons. The van der Waals surface area contributed by atoms with E-state index in [0.717, 1.165) is 19.3 Å². The number of unbranched alkanes of at least 4 members (excludes halogenated alkanes) is 14. The fourth-order valence-corrected chi connectivity index (χ4v) is 4.62. The highest BCUT2D eigenvalue weighted by Gasteiger charge is 2.22. The van der Waals surface area contributed by atoms with Crippen LogP contribution in [0, 0.1) is 0 Å². The first-order chi connectivity index (χ1) is 16.2. The van der Waals surface area contributed by atoms with E-state index in [1.807, 2.05) is 12.3 Å². The maximum atomic E-state index is 12.5. The van der Waals surface area contributed by atoms with E-state index in [1.165, 1.54) is 101 Å². The van der Waals surface area contributed by atoms with Gasteiger partial charge in [0, 0.05) is 5.38 Å². The maximum absolute atomic E-state index is 12.5. The average molecular weight is 483 g/mol. The molecule has 0 spiro atoms. The van der Waals surface area contributed by atoms with Gasteiger partial charge in [-0.25, -0.2) is 4.79 Å². The number of rotatable bonds is 23. The first-order valence-electron chi connectivity index (χ1n) is 13.8. The van der Waals surface area contributed by atoms with Crippen LogP contribution in [0.25, 0.3) is 0 Å². The van der Waals surface area contributed by atoms with Gasteiger partial charge in [0.25, 0.3) is 0 Å². The molecule has 0 aliphatic carbocycles. The summed E-state index contributed by atoms with van der Waals surface area (Å²) in [6, 6.07) is 0. The highest BCUT2D eigenvalue weighted by atomic mass is 32.1. The van der Waals surface area contributed by atoms with Crippen LogP contribution in [-0.2, 0) is 4.74 Å². The Kier molecular flexibility index (Phi) is 19.2. The lowest BCUT2D eigenvalue weighted by molar-refractivity contribution is 0.0506. The zero-order valence-corrected chi connectivity index (χ0v) is 22.6. The zero-order valence-electron chi connectivity index (χ0n) is 21.8. The van der Waals surface area contributed by atoms with Gasteiger partial charge in [-0.15, -0.1) is 11.3 Å². The molecule has 0 fully saturated rings. The van der Waals surface area contributed by atoms with Crippen LogP contribution in [-0.4, -0.2) is 25.8 Å². The van der Waals surface area contributed by atoms with Gasteiger partial charge < -0.3 is 14.2 Å². The predicted octanol–water partition coefficient (Wildman–Crippen LogP) is 9.35. The van der Waals surface area contributed by atoms with Crippen LogP contribution in [0.5, 0.6) is 11.5 Å². The summed E-state index contributed by atoms with van der Waals surface area (Å²) in [5.74, 6) is 0.990. The average Bonchev–Trinajstić information content (AvgIpc) is 3.23. The third kappa shape index (κ3) is 14.6. The summed E-state index contributed by atoms with van der Waals surface area (Å²) >= 11 is 1.37. The molecule has 0 radical (unpaired) electrons. The first kappa shape index (κ1) is 29.8. The van der Waals surface area contributed by atoms with Gasteiger partial charge in [0.15, 0.2) is 16.4 Å². The second kappa shape index (κ2) is 21.3. The van der Waals surface area contributed by atoms with Crippen molar-refractivity contribution in [2.45, 2.75) is 130 Å². The number of ether oxygens (including phenoxy) is 3. The second-order valence-electron chi connectivity index (χ2n) is 9.04. The SMILES string of the molecule is CCCCCCCCCCOc1csc(C(=O)OCCC)c1OCCCCCCCCCC. The molecule has 0 aromatic carbocycles. The molecule has 0 aliphatic rings. The molecule has 4 nitrogen and oxygen atoms in total. The summed E-state index contributed by atoms with van der Waals surface area (Å²) in [5.41, 5.74) is 0. The van der Waals surface area contributed by atoms with Crippen LogP contribution in [0.4, 0.5) is 0 Å². The van der Waals surface area contributed by atoms with E-state index in [-0.39, 0.29) is 5.97 Å². The fourth-order valence-electron chi connectivity index (χ4n) is 3.80. The van der Waals surface area contributed by atoms with Crippen molar-refractivity contribution >= 4 is 17.3 Å². The molecule has 0 atom stereocenters. The van der Waals surface area contributed by atoms with E-state index in [4.69, 9.17) is 14.2 Å². The van der Waals surface area contributed by atoms with Crippen molar-refractivity contribution in [3.63, 3.8) is 0 Å². The van der Waals surface area contributed by atoms with Crippen molar-refractivity contribution in [1.82, 2.24) is 0 Å². The molecule has 33 heavy (non-hydrogen) atoms. The number of carbonyl (C=O) groups is 1. The minimum atomic E-state index is -0.297. The number of esters is 1. The van der Waals surface area contributed by atoms with Gasteiger partial charge in [0.2, 0.25) is 0 Å². The highest BCUT2D eigenvalue weighted by Crippen LogP contribution is 2.38. The monoisotopic (exact) mass is 482 g/mol. The molecule has 0 amide bonds. The Bertz CT molecular complexity index is 584. The predicted molar refractivity (Wildman–Crippen MR) is 141 cm³/mol. The fraction of sp³-hybridized carbons (Fsp3) is 0.821. The van der Waals surface area contributed by atoms with E-state index in [0.29, 0.717) is 36.2 Å². The minimum absolute atomic E-state index is 0.297. The largest absolute Gasteiger partial charge is 0.489 e. The molecule has 0 saturated carbocycles. The smallest absolute Gasteiger partial charge is 0.352 e. The molecular weight excluding hydrogens is 432 g/mol. The summed E-state index contributed by atoms with van der Waals surface area (Å²) < 4.78 is 17.5. The molecule has 0 unspecified atom stereocenters. The zero-order chi connectivity index (χ0) is 24.0. The summed E-state index contributed by atoms with van der Waals surface area (Å²) in [6.45, 7) is 8.23. The first-order valence-corrected chi connectivity index (χ1v) is 14.7. The van der Waals surface area contributed by atoms with E-state index in [9.17, 15) is 4.79 Å². The molecule has 5 heteroatoms. The lowest BCUT2D eigenvalue weighted by atomic mass is 10.1. The van der Waals surface area contributed by atoms with Gasteiger partial charge in [0.1, 0.15) is 0 Å². The minimum Gasteiger partial charge on any atom is -0.489 e. The van der Waals surface area contributed by atoms with Crippen molar-refractivity contribution in [3.05, 3.63) is 10.3 Å². The van der Waals surface area contributed by atoms with Crippen molar-refractivity contribution in [2.24, 2.45) is 0 Å². The van der Waals surface area contributed by atoms with Gasteiger partial charge in [-0.1, -0.05) is 111 Å². The summed E-state index contributed by atoms with van der Waals surface area (Å²) in [7, 11) is 0. The van der Waals surface area contributed by atoms with Crippen LogP contribution in [0.15, 0.2) is 5.38 Å². The Labute approximate surface area is 207 Å². The molecule has 1 heterocycles. The number of thiophene rings is 1. The van der Waals surface area contributed by atoms with Crippen LogP contribution >= 0.6 is 11.3 Å². The van der Waals surface area contributed by atoms with Crippen LogP contribution in [0.2, 0.25) is 0 Å². The lowest BCUT2D eigenvalue weighted by Crippen LogP contribution is -2.08. The molecule has 0 N–H and O–H groups in total. The standard InChI is InChI=1S/C28H50O4S/c1-4-7-9-11-13-15-17-19-22-30-25-24-33-27(28(29)32-21-6-3)26(25)31-23-20-18-16-14-12-10-8-5-2/h24H,4-23H2,1-3H3. The van der Waals surface area contributed by atoms with Gasteiger partial charge in [0.05, 0.1) is 19.8 Å². The molecular formula is C28H50O4S. The van der Waals surface area contributed by atoms with Gasteiger partial charge >= 0.3 is 5.97 Å². The number of hydrogen-bond donors (Lipinski definition) is 0.